The minimum atomic E-state index is -0.235. The van der Waals surface area contributed by atoms with Gasteiger partial charge in [0.05, 0.1) is 24.2 Å². The molecule has 6 nitrogen and oxygen atoms in total. The predicted octanol–water partition coefficient (Wildman–Crippen LogP) is 5.20. The molecule has 6 heteroatoms. The summed E-state index contributed by atoms with van der Waals surface area (Å²) in [4.78, 5) is 35.1. The van der Waals surface area contributed by atoms with Crippen molar-refractivity contribution in [2.24, 2.45) is 0 Å². The number of rotatable bonds is 4. The zero-order valence-electron chi connectivity index (χ0n) is 20.4. The summed E-state index contributed by atoms with van der Waals surface area (Å²) in [5, 5.41) is 1.15. The zero-order chi connectivity index (χ0) is 23.7. The van der Waals surface area contributed by atoms with Crippen molar-refractivity contribution in [3.63, 3.8) is 0 Å². The molecule has 2 amide bonds. The number of pyridine rings is 1. The van der Waals surface area contributed by atoms with Crippen molar-refractivity contribution in [1.82, 2.24) is 14.8 Å². The maximum absolute atomic E-state index is 13.5. The molecular weight excluding hydrogens is 426 g/mol. The van der Waals surface area contributed by atoms with E-state index in [1.165, 1.54) is 29.7 Å². The minimum absolute atomic E-state index is 0.0264. The molecule has 0 spiro atoms. The van der Waals surface area contributed by atoms with Gasteiger partial charge in [0.25, 0.3) is 5.91 Å². The van der Waals surface area contributed by atoms with Gasteiger partial charge in [-0.1, -0.05) is 18.2 Å². The fourth-order valence-corrected chi connectivity index (χ4v) is 6.01. The molecular formula is C28H35N3O3. The number of carbonyl (C=O) groups is 2. The summed E-state index contributed by atoms with van der Waals surface area (Å²) in [7, 11) is 0. The lowest BCUT2D eigenvalue weighted by Crippen LogP contribution is -2.63. The van der Waals surface area contributed by atoms with E-state index in [0.717, 1.165) is 49.4 Å². The van der Waals surface area contributed by atoms with Gasteiger partial charge in [0, 0.05) is 29.7 Å². The van der Waals surface area contributed by atoms with Crippen molar-refractivity contribution in [3.05, 3.63) is 52.7 Å². The second kappa shape index (κ2) is 9.77. The summed E-state index contributed by atoms with van der Waals surface area (Å²) in [5.74, 6) is 0.0390. The third kappa shape index (κ3) is 4.30. The molecule has 1 aromatic heterocycles. The highest BCUT2D eigenvalue weighted by molar-refractivity contribution is 5.98. The molecule has 3 heterocycles. The van der Waals surface area contributed by atoms with Crippen molar-refractivity contribution in [2.75, 3.05) is 19.7 Å². The maximum Gasteiger partial charge on any atom is 0.410 e. The van der Waals surface area contributed by atoms with Crippen LogP contribution in [-0.2, 0) is 17.6 Å². The van der Waals surface area contributed by atoms with Crippen molar-refractivity contribution in [2.45, 2.75) is 77.3 Å². The number of amides is 2. The van der Waals surface area contributed by atoms with Crippen LogP contribution in [0.15, 0.2) is 30.4 Å². The van der Waals surface area contributed by atoms with E-state index in [1.54, 1.807) is 0 Å². The lowest BCUT2D eigenvalue weighted by Gasteiger charge is -2.49. The number of piperidine rings is 1. The molecule has 3 aliphatic rings. The van der Waals surface area contributed by atoms with Crippen molar-refractivity contribution in [3.8, 4) is 0 Å². The van der Waals surface area contributed by atoms with Crippen LogP contribution in [0.5, 0.6) is 0 Å². The first-order valence-electron chi connectivity index (χ1n) is 12.8. The Bertz CT molecular complexity index is 1110. The number of piperazine rings is 1. The third-order valence-corrected chi connectivity index (χ3v) is 7.76. The SMILES string of the molecule is C/C=C\CCOC(=O)N1C2CCCC1CN(C(=O)c1ccc3c(C)c4c(nc3c1)CCCC4)C2. The van der Waals surface area contributed by atoms with Gasteiger partial charge in [0.1, 0.15) is 0 Å². The van der Waals surface area contributed by atoms with Crippen LogP contribution in [0.4, 0.5) is 4.79 Å². The minimum Gasteiger partial charge on any atom is -0.449 e. The molecule has 180 valence electrons. The number of ether oxygens (including phenoxy) is 1. The molecule has 0 saturated carbocycles. The van der Waals surface area contributed by atoms with Crippen LogP contribution in [0.2, 0.25) is 0 Å². The van der Waals surface area contributed by atoms with Crippen LogP contribution < -0.4 is 0 Å². The van der Waals surface area contributed by atoms with Crippen LogP contribution in [0.25, 0.3) is 10.9 Å². The molecule has 2 bridgehead atoms. The van der Waals surface area contributed by atoms with Gasteiger partial charge >= 0.3 is 6.09 Å². The van der Waals surface area contributed by atoms with Crippen LogP contribution in [0.3, 0.4) is 0 Å². The number of hydrogen-bond donors (Lipinski definition) is 0. The van der Waals surface area contributed by atoms with E-state index in [1.807, 2.05) is 41.0 Å². The molecule has 2 saturated heterocycles. The smallest absolute Gasteiger partial charge is 0.410 e. The Balaban J connectivity index is 1.33. The summed E-state index contributed by atoms with van der Waals surface area (Å²) >= 11 is 0. The normalized spacial score (nSPS) is 22.2. The molecule has 2 atom stereocenters. The molecule has 1 aromatic carbocycles. The van der Waals surface area contributed by atoms with Crippen LogP contribution in [0, 0.1) is 6.92 Å². The number of carbonyl (C=O) groups excluding carboxylic acids is 2. The number of aromatic nitrogens is 1. The highest BCUT2D eigenvalue weighted by Gasteiger charge is 2.42. The van der Waals surface area contributed by atoms with Gasteiger partial charge in [-0.15, -0.1) is 0 Å². The third-order valence-electron chi connectivity index (χ3n) is 7.76. The molecule has 1 aliphatic carbocycles. The molecule has 2 unspecified atom stereocenters. The van der Waals surface area contributed by atoms with Gasteiger partial charge in [-0.05, 0) is 88.5 Å². The number of allylic oxidation sites excluding steroid dienone is 1. The molecule has 2 aromatic rings. The quantitative estimate of drug-likeness (QED) is 0.464. The first kappa shape index (κ1) is 22.9. The summed E-state index contributed by atoms with van der Waals surface area (Å²) in [6, 6.07) is 6.04. The van der Waals surface area contributed by atoms with E-state index < -0.39 is 0 Å². The Morgan fingerprint density at radius 1 is 1.12 bits per heavy atom. The average molecular weight is 462 g/mol. The van der Waals surface area contributed by atoms with Crippen molar-refractivity contribution >= 4 is 22.9 Å². The highest BCUT2D eigenvalue weighted by Crippen LogP contribution is 2.32. The molecule has 0 radical (unpaired) electrons. The van der Waals surface area contributed by atoms with Gasteiger partial charge in [-0.25, -0.2) is 4.79 Å². The van der Waals surface area contributed by atoms with Crippen LogP contribution in [-0.4, -0.2) is 58.6 Å². The lowest BCUT2D eigenvalue weighted by molar-refractivity contribution is -0.00638. The molecule has 5 rings (SSSR count). The maximum atomic E-state index is 13.5. The number of aryl methyl sites for hydroxylation is 2. The Kier molecular flexibility index (Phi) is 6.57. The predicted molar refractivity (Wildman–Crippen MR) is 133 cm³/mol. The van der Waals surface area contributed by atoms with Gasteiger partial charge in [0.15, 0.2) is 0 Å². The second-order valence-corrected chi connectivity index (χ2v) is 9.93. The highest BCUT2D eigenvalue weighted by atomic mass is 16.6. The van der Waals surface area contributed by atoms with Crippen molar-refractivity contribution in [1.29, 1.82) is 0 Å². The number of fused-ring (bicyclic) bond motifs is 4. The number of likely N-dealkylation sites (tertiary alicyclic amines) is 1. The standard InChI is InChI=1S/C28H35N3O3/c1-3-4-7-15-34-28(33)31-21-9-8-10-22(31)18-30(17-21)27(32)20-13-14-24-19(2)23-11-5-6-12-25(23)29-26(24)16-20/h3-4,13-14,16,21-22H,5-12,15,17-18H2,1-2H3/b4-3-. The molecule has 2 fully saturated rings. The van der Waals surface area contributed by atoms with Gasteiger partial charge in [-0.2, -0.15) is 0 Å². The summed E-state index contributed by atoms with van der Waals surface area (Å²) in [6.07, 6.45) is 11.9. The number of benzene rings is 1. The monoisotopic (exact) mass is 461 g/mol. The summed E-state index contributed by atoms with van der Waals surface area (Å²) in [5.41, 5.74) is 5.54. The fraction of sp³-hybridized carbons (Fsp3) is 0.536. The van der Waals surface area contributed by atoms with E-state index in [9.17, 15) is 9.59 Å². The Labute approximate surface area is 202 Å². The summed E-state index contributed by atoms with van der Waals surface area (Å²) < 4.78 is 5.53. The van der Waals surface area contributed by atoms with E-state index in [4.69, 9.17) is 9.72 Å². The molecule has 34 heavy (non-hydrogen) atoms. The summed E-state index contributed by atoms with van der Waals surface area (Å²) in [6.45, 7) is 5.67. The van der Waals surface area contributed by atoms with Crippen LogP contribution in [0.1, 0.15) is 72.6 Å². The second-order valence-electron chi connectivity index (χ2n) is 9.93. The Morgan fingerprint density at radius 3 is 2.65 bits per heavy atom. The van der Waals surface area contributed by atoms with Gasteiger partial charge in [0.2, 0.25) is 0 Å². The lowest BCUT2D eigenvalue weighted by atomic mass is 9.90. The topological polar surface area (TPSA) is 62.7 Å². The van der Waals surface area contributed by atoms with E-state index in [0.29, 0.717) is 25.3 Å². The largest absolute Gasteiger partial charge is 0.449 e. The fourth-order valence-electron chi connectivity index (χ4n) is 6.01. The Morgan fingerprint density at radius 2 is 1.88 bits per heavy atom. The first-order chi connectivity index (χ1) is 16.6. The van der Waals surface area contributed by atoms with E-state index in [2.05, 4.69) is 13.0 Å². The Hall–Kier alpha value is -2.89. The number of nitrogens with zero attached hydrogens (tertiary/aromatic N) is 3. The van der Waals surface area contributed by atoms with Crippen LogP contribution >= 0.6 is 0 Å². The average Bonchev–Trinajstić information content (AvgIpc) is 2.85. The van der Waals surface area contributed by atoms with E-state index in [-0.39, 0.29) is 24.1 Å². The van der Waals surface area contributed by atoms with Crippen molar-refractivity contribution < 1.29 is 14.3 Å². The number of hydrogen-bond acceptors (Lipinski definition) is 4. The van der Waals surface area contributed by atoms with E-state index >= 15 is 0 Å². The zero-order valence-corrected chi connectivity index (χ0v) is 20.4. The molecule has 2 aliphatic heterocycles. The van der Waals surface area contributed by atoms with Gasteiger partial charge < -0.3 is 9.64 Å². The first-order valence-corrected chi connectivity index (χ1v) is 12.8. The molecule has 0 N–H and O–H groups in total. The van der Waals surface area contributed by atoms with Gasteiger partial charge in [-0.3, -0.25) is 14.7 Å².